The molecule has 1 saturated heterocycles. The Labute approximate surface area is 122 Å². The van der Waals surface area contributed by atoms with Crippen LogP contribution in [-0.4, -0.2) is 32.3 Å². The van der Waals surface area contributed by atoms with Crippen LogP contribution in [0, 0.1) is 5.92 Å². The third-order valence-corrected chi connectivity index (χ3v) is 4.35. The van der Waals surface area contributed by atoms with E-state index in [1.807, 2.05) is 0 Å². The number of morpholine rings is 1. The number of anilines is 1. The van der Waals surface area contributed by atoms with Crippen molar-refractivity contribution in [1.82, 2.24) is 5.32 Å². The standard InChI is InChI=1S/C17H26N2O/c1-14(12-15-2-3-15)18-13-16-4-6-17(7-5-16)19-8-10-20-11-9-19/h4-7,14-15,18H,2-3,8-13H2,1H3. The fourth-order valence-corrected chi connectivity index (χ4v) is 2.88. The monoisotopic (exact) mass is 274 g/mol. The molecule has 1 N–H and O–H groups in total. The lowest BCUT2D eigenvalue weighted by Gasteiger charge is -2.29. The van der Waals surface area contributed by atoms with E-state index < -0.39 is 0 Å². The molecular weight excluding hydrogens is 248 g/mol. The van der Waals surface area contributed by atoms with E-state index in [0.717, 1.165) is 38.8 Å². The Hall–Kier alpha value is -1.06. The van der Waals surface area contributed by atoms with Gasteiger partial charge in [0.05, 0.1) is 13.2 Å². The van der Waals surface area contributed by atoms with Crippen molar-refractivity contribution in [2.24, 2.45) is 5.92 Å². The number of nitrogens with zero attached hydrogens (tertiary/aromatic N) is 1. The topological polar surface area (TPSA) is 24.5 Å². The van der Waals surface area contributed by atoms with E-state index in [4.69, 9.17) is 4.74 Å². The third-order valence-electron chi connectivity index (χ3n) is 4.35. The van der Waals surface area contributed by atoms with Crippen molar-refractivity contribution in [1.29, 1.82) is 0 Å². The van der Waals surface area contributed by atoms with Crippen LogP contribution in [0.4, 0.5) is 5.69 Å². The Morgan fingerprint density at radius 2 is 1.90 bits per heavy atom. The molecule has 2 aliphatic rings. The van der Waals surface area contributed by atoms with Gasteiger partial charge in [0.2, 0.25) is 0 Å². The maximum Gasteiger partial charge on any atom is 0.0642 e. The minimum Gasteiger partial charge on any atom is -0.378 e. The molecule has 1 aliphatic carbocycles. The molecule has 1 aliphatic heterocycles. The van der Waals surface area contributed by atoms with Gasteiger partial charge in [-0.05, 0) is 37.0 Å². The first-order valence-corrected chi connectivity index (χ1v) is 7.96. The van der Waals surface area contributed by atoms with Crippen molar-refractivity contribution in [2.45, 2.75) is 38.8 Å². The van der Waals surface area contributed by atoms with E-state index in [2.05, 4.69) is 41.4 Å². The second kappa shape index (κ2) is 6.59. The molecule has 3 nitrogen and oxygen atoms in total. The summed E-state index contributed by atoms with van der Waals surface area (Å²) in [5, 5.41) is 3.64. The predicted molar refractivity (Wildman–Crippen MR) is 83.1 cm³/mol. The maximum absolute atomic E-state index is 5.39. The Bertz CT molecular complexity index is 408. The minimum atomic E-state index is 0.640. The summed E-state index contributed by atoms with van der Waals surface area (Å²) in [4.78, 5) is 2.40. The van der Waals surface area contributed by atoms with Crippen molar-refractivity contribution in [2.75, 3.05) is 31.2 Å². The second-order valence-corrected chi connectivity index (χ2v) is 6.23. The highest BCUT2D eigenvalue weighted by molar-refractivity contribution is 5.47. The highest BCUT2D eigenvalue weighted by Crippen LogP contribution is 2.33. The molecule has 20 heavy (non-hydrogen) atoms. The Balaban J connectivity index is 1.47. The number of hydrogen-bond donors (Lipinski definition) is 1. The first-order chi connectivity index (χ1) is 9.81. The normalized spacial score (nSPS) is 20.9. The Morgan fingerprint density at radius 1 is 1.20 bits per heavy atom. The van der Waals surface area contributed by atoms with Crippen LogP contribution < -0.4 is 10.2 Å². The molecule has 110 valence electrons. The average molecular weight is 274 g/mol. The van der Waals surface area contributed by atoms with Crippen LogP contribution in [0.5, 0.6) is 0 Å². The predicted octanol–water partition coefficient (Wildman–Crippen LogP) is 2.80. The Kier molecular flexibility index (Phi) is 4.58. The van der Waals surface area contributed by atoms with E-state index in [-0.39, 0.29) is 0 Å². The molecule has 0 aromatic heterocycles. The van der Waals surface area contributed by atoms with Gasteiger partial charge < -0.3 is 15.0 Å². The van der Waals surface area contributed by atoms with Crippen molar-refractivity contribution < 1.29 is 4.74 Å². The Morgan fingerprint density at radius 3 is 2.55 bits per heavy atom. The molecule has 1 unspecified atom stereocenters. The number of hydrogen-bond acceptors (Lipinski definition) is 3. The summed E-state index contributed by atoms with van der Waals surface area (Å²) < 4.78 is 5.39. The smallest absolute Gasteiger partial charge is 0.0642 e. The lowest BCUT2D eigenvalue weighted by molar-refractivity contribution is 0.122. The molecule has 2 fully saturated rings. The largest absolute Gasteiger partial charge is 0.378 e. The molecule has 1 saturated carbocycles. The molecule has 0 spiro atoms. The van der Waals surface area contributed by atoms with E-state index in [0.29, 0.717) is 6.04 Å². The van der Waals surface area contributed by atoms with Crippen LogP contribution in [-0.2, 0) is 11.3 Å². The van der Waals surface area contributed by atoms with Gasteiger partial charge in [-0.25, -0.2) is 0 Å². The molecule has 0 amide bonds. The molecule has 1 atom stereocenters. The van der Waals surface area contributed by atoms with Crippen molar-refractivity contribution in [3.8, 4) is 0 Å². The summed E-state index contributed by atoms with van der Waals surface area (Å²) in [6.45, 7) is 7.01. The van der Waals surface area contributed by atoms with E-state index in [9.17, 15) is 0 Å². The fourth-order valence-electron chi connectivity index (χ4n) is 2.88. The number of ether oxygens (including phenoxy) is 1. The van der Waals surface area contributed by atoms with Gasteiger partial charge in [0.1, 0.15) is 0 Å². The lowest BCUT2D eigenvalue weighted by Crippen LogP contribution is -2.36. The van der Waals surface area contributed by atoms with Gasteiger partial charge in [-0.15, -0.1) is 0 Å². The van der Waals surface area contributed by atoms with E-state index in [1.54, 1.807) is 0 Å². The maximum atomic E-state index is 5.39. The van der Waals surface area contributed by atoms with Crippen LogP contribution in [0.1, 0.15) is 31.7 Å². The fraction of sp³-hybridized carbons (Fsp3) is 0.647. The molecular formula is C17H26N2O. The van der Waals surface area contributed by atoms with Crippen LogP contribution in [0.3, 0.4) is 0 Å². The van der Waals surface area contributed by atoms with Gasteiger partial charge in [0.15, 0.2) is 0 Å². The molecule has 0 bridgehead atoms. The zero-order chi connectivity index (χ0) is 13.8. The third kappa shape index (κ3) is 3.97. The first-order valence-electron chi connectivity index (χ1n) is 7.96. The summed E-state index contributed by atoms with van der Waals surface area (Å²) in [7, 11) is 0. The SMILES string of the molecule is CC(CC1CC1)NCc1ccc(N2CCOCC2)cc1. The van der Waals surface area contributed by atoms with Gasteiger partial charge in [-0.2, -0.15) is 0 Å². The highest BCUT2D eigenvalue weighted by Gasteiger charge is 2.23. The quantitative estimate of drug-likeness (QED) is 0.863. The summed E-state index contributed by atoms with van der Waals surface area (Å²) in [5.74, 6) is 1.00. The second-order valence-electron chi connectivity index (χ2n) is 6.23. The van der Waals surface area contributed by atoms with Gasteiger partial charge >= 0.3 is 0 Å². The van der Waals surface area contributed by atoms with E-state index in [1.165, 1.54) is 30.5 Å². The molecule has 1 aromatic carbocycles. The zero-order valence-corrected chi connectivity index (χ0v) is 12.5. The highest BCUT2D eigenvalue weighted by atomic mass is 16.5. The van der Waals surface area contributed by atoms with Crippen molar-refractivity contribution >= 4 is 5.69 Å². The van der Waals surface area contributed by atoms with Gasteiger partial charge in [0, 0.05) is 31.4 Å². The van der Waals surface area contributed by atoms with Crippen LogP contribution in [0.25, 0.3) is 0 Å². The minimum absolute atomic E-state index is 0.640. The van der Waals surface area contributed by atoms with Crippen molar-refractivity contribution in [3.63, 3.8) is 0 Å². The molecule has 0 radical (unpaired) electrons. The summed E-state index contributed by atoms with van der Waals surface area (Å²) in [6, 6.07) is 9.63. The molecule has 3 rings (SSSR count). The molecule has 3 heteroatoms. The average Bonchev–Trinajstić information content (AvgIpc) is 3.31. The summed E-state index contributed by atoms with van der Waals surface area (Å²) >= 11 is 0. The van der Waals surface area contributed by atoms with Crippen molar-refractivity contribution in [3.05, 3.63) is 29.8 Å². The van der Waals surface area contributed by atoms with Crippen LogP contribution in [0.2, 0.25) is 0 Å². The van der Waals surface area contributed by atoms with Gasteiger partial charge in [-0.3, -0.25) is 0 Å². The van der Waals surface area contributed by atoms with Crippen LogP contribution >= 0.6 is 0 Å². The first kappa shape index (κ1) is 13.9. The number of nitrogens with one attached hydrogen (secondary N) is 1. The van der Waals surface area contributed by atoms with Crippen LogP contribution in [0.15, 0.2) is 24.3 Å². The number of rotatable bonds is 6. The number of benzene rings is 1. The zero-order valence-electron chi connectivity index (χ0n) is 12.5. The lowest BCUT2D eigenvalue weighted by atomic mass is 10.1. The molecule has 1 aromatic rings. The summed E-state index contributed by atoms with van der Waals surface area (Å²) in [5.41, 5.74) is 2.70. The summed E-state index contributed by atoms with van der Waals surface area (Å²) in [6.07, 6.45) is 4.23. The van der Waals surface area contributed by atoms with Gasteiger partial charge in [-0.1, -0.05) is 25.0 Å². The molecule has 1 heterocycles. The van der Waals surface area contributed by atoms with Gasteiger partial charge in [0.25, 0.3) is 0 Å². The van der Waals surface area contributed by atoms with E-state index >= 15 is 0 Å².